The first-order valence-electron chi connectivity index (χ1n) is 6.61. The maximum absolute atomic E-state index is 14.0. The third-order valence-corrected chi connectivity index (χ3v) is 3.67. The molecule has 0 amide bonds. The normalized spacial score (nSPS) is 15.9. The Bertz CT molecular complexity index is 610. The number of ether oxygens (including phenoxy) is 1. The van der Waals surface area contributed by atoms with Crippen molar-refractivity contribution in [3.8, 4) is 5.75 Å². The number of benzene rings is 2. The molecule has 3 rings (SSSR count). The second kappa shape index (κ2) is 5.43. The van der Waals surface area contributed by atoms with Crippen LogP contribution >= 0.6 is 11.6 Å². The van der Waals surface area contributed by atoms with E-state index in [-0.39, 0.29) is 5.02 Å². The van der Waals surface area contributed by atoms with E-state index >= 15 is 0 Å². The number of hydrogen-bond acceptors (Lipinski definition) is 2. The Hall–Kier alpha value is -1.58. The summed E-state index contributed by atoms with van der Waals surface area (Å²) in [7, 11) is 0. The van der Waals surface area contributed by atoms with Crippen LogP contribution in [0.5, 0.6) is 5.75 Å². The minimum Gasteiger partial charge on any atom is -0.490 e. The summed E-state index contributed by atoms with van der Waals surface area (Å²) >= 11 is 5.78. The first-order chi connectivity index (χ1) is 9.65. The van der Waals surface area contributed by atoms with Crippen molar-refractivity contribution in [3.63, 3.8) is 0 Å². The minimum absolute atomic E-state index is 0.0895. The van der Waals surface area contributed by atoms with Gasteiger partial charge in [0, 0.05) is 5.56 Å². The highest BCUT2D eigenvalue weighted by Crippen LogP contribution is 2.30. The van der Waals surface area contributed by atoms with Crippen molar-refractivity contribution in [2.75, 3.05) is 0 Å². The summed E-state index contributed by atoms with van der Waals surface area (Å²) in [5, 5.41) is 0.0895. The predicted molar refractivity (Wildman–Crippen MR) is 77.5 cm³/mol. The van der Waals surface area contributed by atoms with Crippen molar-refractivity contribution in [1.82, 2.24) is 0 Å². The van der Waals surface area contributed by atoms with E-state index in [4.69, 9.17) is 22.1 Å². The number of nitrogens with two attached hydrogens (primary N) is 1. The fourth-order valence-corrected chi connectivity index (χ4v) is 2.25. The standard InChI is InChI=1S/C16H15ClFNO/c17-14-3-1-2-13(15(14)18)16(19)10-4-6-11(7-5-10)20-12-8-9-12/h1-7,12,16H,8-9,19H2. The SMILES string of the molecule is NC(c1ccc(OC2CC2)cc1)c1cccc(Cl)c1F. The molecule has 1 aliphatic rings. The molecule has 0 bridgehead atoms. The highest BCUT2D eigenvalue weighted by atomic mass is 35.5. The predicted octanol–water partition coefficient (Wildman–Crippen LogP) is 4.07. The fraction of sp³-hybridized carbons (Fsp3) is 0.250. The summed E-state index contributed by atoms with van der Waals surface area (Å²) in [5.41, 5.74) is 7.33. The molecule has 0 heterocycles. The van der Waals surface area contributed by atoms with E-state index in [1.807, 2.05) is 24.3 Å². The maximum Gasteiger partial charge on any atom is 0.146 e. The number of rotatable bonds is 4. The molecule has 1 aliphatic carbocycles. The van der Waals surface area contributed by atoms with Gasteiger partial charge in [-0.3, -0.25) is 0 Å². The van der Waals surface area contributed by atoms with E-state index in [0.717, 1.165) is 24.2 Å². The molecular formula is C16H15ClFNO. The molecule has 1 unspecified atom stereocenters. The lowest BCUT2D eigenvalue weighted by Crippen LogP contribution is -2.13. The average Bonchev–Trinajstić information content (AvgIpc) is 3.26. The van der Waals surface area contributed by atoms with Crippen molar-refractivity contribution in [3.05, 3.63) is 64.4 Å². The molecule has 1 fully saturated rings. The van der Waals surface area contributed by atoms with Crippen LogP contribution in [0, 0.1) is 5.82 Å². The van der Waals surface area contributed by atoms with Crippen LogP contribution in [0.3, 0.4) is 0 Å². The third kappa shape index (κ3) is 2.79. The summed E-state index contributed by atoms with van der Waals surface area (Å²) in [6, 6.07) is 11.8. The van der Waals surface area contributed by atoms with Crippen molar-refractivity contribution >= 4 is 11.6 Å². The summed E-state index contributed by atoms with van der Waals surface area (Å²) in [4.78, 5) is 0. The highest BCUT2D eigenvalue weighted by Gasteiger charge is 2.23. The zero-order chi connectivity index (χ0) is 14.1. The molecule has 4 heteroatoms. The fourth-order valence-electron chi connectivity index (χ4n) is 2.07. The van der Waals surface area contributed by atoms with Gasteiger partial charge in [0.15, 0.2) is 0 Å². The van der Waals surface area contributed by atoms with Gasteiger partial charge in [-0.1, -0.05) is 35.9 Å². The second-order valence-electron chi connectivity index (χ2n) is 5.01. The number of halogens is 2. The molecule has 20 heavy (non-hydrogen) atoms. The van der Waals surface area contributed by atoms with Crippen molar-refractivity contribution in [2.45, 2.75) is 25.0 Å². The zero-order valence-electron chi connectivity index (χ0n) is 10.9. The number of hydrogen-bond donors (Lipinski definition) is 1. The summed E-state index contributed by atoms with van der Waals surface area (Å²) < 4.78 is 19.6. The Kier molecular flexibility index (Phi) is 3.64. The summed E-state index contributed by atoms with van der Waals surface area (Å²) in [6.07, 6.45) is 2.60. The van der Waals surface area contributed by atoms with Crippen LogP contribution in [0.15, 0.2) is 42.5 Å². The van der Waals surface area contributed by atoms with E-state index in [1.54, 1.807) is 12.1 Å². The van der Waals surface area contributed by atoms with Crippen molar-refractivity contribution in [2.24, 2.45) is 5.73 Å². The molecule has 0 aliphatic heterocycles. The van der Waals surface area contributed by atoms with Crippen LogP contribution in [-0.4, -0.2) is 6.10 Å². The Labute approximate surface area is 122 Å². The van der Waals surface area contributed by atoms with Crippen LogP contribution in [0.1, 0.15) is 30.0 Å². The molecule has 1 atom stereocenters. The van der Waals surface area contributed by atoms with Crippen molar-refractivity contribution in [1.29, 1.82) is 0 Å². The van der Waals surface area contributed by atoms with Crippen LogP contribution < -0.4 is 10.5 Å². The Morgan fingerprint density at radius 3 is 2.50 bits per heavy atom. The first-order valence-corrected chi connectivity index (χ1v) is 6.99. The van der Waals surface area contributed by atoms with Gasteiger partial charge in [-0.25, -0.2) is 4.39 Å². The molecule has 0 saturated heterocycles. The van der Waals surface area contributed by atoms with E-state index in [1.165, 1.54) is 6.07 Å². The average molecular weight is 292 g/mol. The molecule has 2 aromatic carbocycles. The molecule has 2 aromatic rings. The largest absolute Gasteiger partial charge is 0.490 e. The maximum atomic E-state index is 14.0. The van der Waals surface area contributed by atoms with Crippen LogP contribution in [0.4, 0.5) is 4.39 Å². The molecule has 0 aromatic heterocycles. The van der Waals surface area contributed by atoms with Gasteiger partial charge in [0.1, 0.15) is 11.6 Å². The lowest BCUT2D eigenvalue weighted by molar-refractivity contribution is 0.303. The van der Waals surface area contributed by atoms with Gasteiger partial charge in [-0.15, -0.1) is 0 Å². The van der Waals surface area contributed by atoms with E-state index < -0.39 is 11.9 Å². The van der Waals surface area contributed by atoms with E-state index in [9.17, 15) is 4.39 Å². The van der Waals surface area contributed by atoms with Crippen LogP contribution in [-0.2, 0) is 0 Å². The Morgan fingerprint density at radius 1 is 1.15 bits per heavy atom. The highest BCUT2D eigenvalue weighted by molar-refractivity contribution is 6.30. The van der Waals surface area contributed by atoms with Gasteiger partial charge in [-0.05, 0) is 36.6 Å². The second-order valence-corrected chi connectivity index (χ2v) is 5.41. The van der Waals surface area contributed by atoms with Gasteiger partial charge in [0.2, 0.25) is 0 Å². The smallest absolute Gasteiger partial charge is 0.146 e. The first kappa shape index (κ1) is 13.4. The Morgan fingerprint density at radius 2 is 1.85 bits per heavy atom. The van der Waals surface area contributed by atoms with Gasteiger partial charge in [0.25, 0.3) is 0 Å². The van der Waals surface area contributed by atoms with Gasteiger partial charge in [-0.2, -0.15) is 0 Å². The van der Waals surface area contributed by atoms with Gasteiger partial charge < -0.3 is 10.5 Å². The van der Waals surface area contributed by atoms with Gasteiger partial charge >= 0.3 is 0 Å². The third-order valence-electron chi connectivity index (χ3n) is 3.38. The topological polar surface area (TPSA) is 35.2 Å². The monoisotopic (exact) mass is 291 g/mol. The lowest BCUT2D eigenvalue weighted by Gasteiger charge is -2.15. The molecule has 0 spiro atoms. The molecular weight excluding hydrogens is 277 g/mol. The molecule has 104 valence electrons. The van der Waals surface area contributed by atoms with Crippen molar-refractivity contribution < 1.29 is 9.13 Å². The van der Waals surface area contributed by atoms with E-state index in [0.29, 0.717) is 11.7 Å². The summed E-state index contributed by atoms with van der Waals surface area (Å²) in [6.45, 7) is 0. The molecule has 2 nitrogen and oxygen atoms in total. The lowest BCUT2D eigenvalue weighted by atomic mass is 9.99. The zero-order valence-corrected chi connectivity index (χ0v) is 11.6. The molecule has 0 radical (unpaired) electrons. The van der Waals surface area contributed by atoms with Crippen LogP contribution in [0.2, 0.25) is 5.02 Å². The summed E-state index contributed by atoms with van der Waals surface area (Å²) in [5.74, 6) is 0.370. The quantitative estimate of drug-likeness (QED) is 0.921. The Balaban J connectivity index is 1.82. The van der Waals surface area contributed by atoms with Gasteiger partial charge in [0.05, 0.1) is 17.2 Å². The van der Waals surface area contributed by atoms with Crippen LogP contribution in [0.25, 0.3) is 0 Å². The molecule has 2 N–H and O–H groups in total. The molecule has 1 saturated carbocycles. The van der Waals surface area contributed by atoms with E-state index in [2.05, 4.69) is 0 Å². The minimum atomic E-state index is -0.538.